The van der Waals surface area contributed by atoms with E-state index in [1.54, 1.807) is 14.2 Å². The second-order valence-electron chi connectivity index (χ2n) is 4.63. The van der Waals surface area contributed by atoms with Crippen molar-refractivity contribution in [3.8, 4) is 11.5 Å². The van der Waals surface area contributed by atoms with E-state index in [-0.39, 0.29) is 6.04 Å². The molecule has 6 nitrogen and oxygen atoms in total. The summed E-state index contributed by atoms with van der Waals surface area (Å²) in [5.74, 6) is 2.20. The van der Waals surface area contributed by atoms with Crippen LogP contribution in [0.2, 0.25) is 0 Å². The highest BCUT2D eigenvalue weighted by Crippen LogP contribution is 2.30. The lowest BCUT2D eigenvalue weighted by Crippen LogP contribution is -2.23. The van der Waals surface area contributed by atoms with E-state index in [1.165, 1.54) is 12.0 Å². The number of methoxy groups -OCH3 is 2. The molecule has 0 saturated heterocycles. The zero-order chi connectivity index (χ0) is 15.1. The van der Waals surface area contributed by atoms with Crippen molar-refractivity contribution < 1.29 is 14.0 Å². The minimum atomic E-state index is 0.247. The Morgan fingerprint density at radius 2 is 2.05 bits per heavy atom. The van der Waals surface area contributed by atoms with E-state index in [9.17, 15) is 0 Å². The third-order valence-electron chi connectivity index (χ3n) is 3.36. The highest BCUT2D eigenvalue weighted by atomic mass is 16.5. The van der Waals surface area contributed by atoms with Gasteiger partial charge in [-0.25, -0.2) is 0 Å². The van der Waals surface area contributed by atoms with Gasteiger partial charge in [0.05, 0.1) is 14.2 Å². The van der Waals surface area contributed by atoms with Crippen LogP contribution in [0.5, 0.6) is 11.5 Å². The van der Waals surface area contributed by atoms with Crippen LogP contribution in [0, 0.1) is 0 Å². The van der Waals surface area contributed by atoms with Crippen molar-refractivity contribution in [2.24, 2.45) is 0 Å². The Morgan fingerprint density at radius 1 is 1.24 bits per heavy atom. The maximum absolute atomic E-state index is 5.35. The number of nitrogens with one attached hydrogen (secondary N) is 1. The number of hydrogen-bond donors (Lipinski definition) is 1. The molecule has 0 aliphatic carbocycles. The van der Waals surface area contributed by atoms with Crippen LogP contribution in [0.3, 0.4) is 0 Å². The van der Waals surface area contributed by atoms with Crippen molar-refractivity contribution in [3.63, 3.8) is 0 Å². The molecule has 0 amide bonds. The van der Waals surface area contributed by atoms with Crippen molar-refractivity contribution in [2.75, 3.05) is 20.8 Å². The van der Waals surface area contributed by atoms with Gasteiger partial charge in [0.25, 0.3) is 0 Å². The maximum atomic E-state index is 5.35. The van der Waals surface area contributed by atoms with E-state index in [2.05, 4.69) is 28.4 Å². The summed E-state index contributed by atoms with van der Waals surface area (Å²) in [6.45, 7) is 2.93. The smallest absolute Gasteiger partial charge is 0.213 e. The Morgan fingerprint density at radius 3 is 2.67 bits per heavy atom. The molecule has 21 heavy (non-hydrogen) atoms. The highest BCUT2D eigenvalue weighted by Gasteiger charge is 2.12. The fraction of sp³-hybridized carbons (Fsp3) is 0.467. The van der Waals surface area contributed by atoms with Gasteiger partial charge < -0.3 is 19.3 Å². The molecule has 0 spiro atoms. The molecule has 1 N–H and O–H groups in total. The van der Waals surface area contributed by atoms with Crippen LogP contribution in [0.25, 0.3) is 0 Å². The molecule has 0 bridgehead atoms. The second-order valence-corrected chi connectivity index (χ2v) is 4.63. The fourth-order valence-corrected chi connectivity index (χ4v) is 2.23. The lowest BCUT2D eigenvalue weighted by Gasteiger charge is -2.18. The Hall–Kier alpha value is -2.08. The van der Waals surface area contributed by atoms with Gasteiger partial charge in [-0.2, -0.15) is 4.98 Å². The summed E-state index contributed by atoms with van der Waals surface area (Å²) >= 11 is 0. The van der Waals surface area contributed by atoms with Crippen molar-refractivity contribution >= 4 is 0 Å². The second kappa shape index (κ2) is 7.64. The van der Waals surface area contributed by atoms with Gasteiger partial charge in [0.2, 0.25) is 6.39 Å². The molecule has 2 aromatic rings. The van der Waals surface area contributed by atoms with Gasteiger partial charge in [0.1, 0.15) is 0 Å². The van der Waals surface area contributed by atoms with Crippen molar-refractivity contribution in [2.45, 2.75) is 25.8 Å². The normalized spacial score (nSPS) is 12.1. The molecule has 1 aromatic heterocycles. The van der Waals surface area contributed by atoms with Gasteiger partial charge in [-0.1, -0.05) is 18.1 Å². The molecule has 0 aliphatic heterocycles. The predicted octanol–water partition coefficient (Wildman–Crippen LogP) is 2.37. The Bertz CT molecular complexity index is 543. The zero-order valence-electron chi connectivity index (χ0n) is 12.6. The molecule has 1 atom stereocenters. The van der Waals surface area contributed by atoms with E-state index >= 15 is 0 Å². The van der Waals surface area contributed by atoms with E-state index < -0.39 is 0 Å². The Kier molecular flexibility index (Phi) is 5.57. The topological polar surface area (TPSA) is 69.4 Å². The van der Waals surface area contributed by atoms with Gasteiger partial charge in [0, 0.05) is 19.0 Å². The monoisotopic (exact) mass is 291 g/mol. The highest BCUT2D eigenvalue weighted by molar-refractivity contribution is 5.43. The molecular formula is C15H21N3O3. The van der Waals surface area contributed by atoms with Crippen LogP contribution in [-0.2, 0) is 6.42 Å². The Balaban J connectivity index is 1.99. The third-order valence-corrected chi connectivity index (χ3v) is 3.36. The van der Waals surface area contributed by atoms with Crippen LogP contribution in [-0.4, -0.2) is 30.9 Å². The summed E-state index contributed by atoms with van der Waals surface area (Å²) < 4.78 is 15.3. The summed E-state index contributed by atoms with van der Waals surface area (Å²) in [7, 11) is 3.28. The van der Waals surface area contributed by atoms with Crippen molar-refractivity contribution in [3.05, 3.63) is 36.0 Å². The molecule has 6 heteroatoms. The zero-order valence-corrected chi connectivity index (χ0v) is 12.6. The van der Waals surface area contributed by atoms with E-state index in [1.807, 2.05) is 12.1 Å². The molecule has 0 aliphatic rings. The summed E-state index contributed by atoms with van der Waals surface area (Å²) in [5, 5.41) is 7.29. The fourth-order valence-electron chi connectivity index (χ4n) is 2.23. The van der Waals surface area contributed by atoms with Crippen LogP contribution in [0.1, 0.15) is 30.8 Å². The van der Waals surface area contributed by atoms with Crippen molar-refractivity contribution in [1.82, 2.24) is 15.5 Å². The quantitative estimate of drug-likeness (QED) is 0.805. The maximum Gasteiger partial charge on any atom is 0.213 e. The first-order valence-corrected chi connectivity index (χ1v) is 6.99. The van der Waals surface area contributed by atoms with E-state index in [4.69, 9.17) is 14.0 Å². The van der Waals surface area contributed by atoms with Crippen LogP contribution in [0.15, 0.2) is 29.1 Å². The van der Waals surface area contributed by atoms with Gasteiger partial charge in [0.15, 0.2) is 17.3 Å². The van der Waals surface area contributed by atoms with Crippen molar-refractivity contribution in [1.29, 1.82) is 0 Å². The minimum absolute atomic E-state index is 0.247. The number of rotatable bonds is 8. The molecule has 1 heterocycles. The number of benzene rings is 1. The van der Waals surface area contributed by atoms with Gasteiger partial charge in [-0.05, 0) is 24.1 Å². The number of aromatic nitrogens is 2. The molecule has 2 rings (SSSR count). The molecule has 114 valence electrons. The number of ether oxygens (including phenoxy) is 2. The number of nitrogens with zero attached hydrogens (tertiary/aromatic N) is 2. The predicted molar refractivity (Wildman–Crippen MR) is 78.6 cm³/mol. The largest absolute Gasteiger partial charge is 0.493 e. The van der Waals surface area contributed by atoms with E-state index in [0.717, 1.165) is 30.9 Å². The van der Waals surface area contributed by atoms with Crippen LogP contribution >= 0.6 is 0 Å². The first-order chi connectivity index (χ1) is 10.3. The van der Waals surface area contributed by atoms with Gasteiger partial charge in [-0.15, -0.1) is 0 Å². The third kappa shape index (κ3) is 3.95. The summed E-state index contributed by atoms with van der Waals surface area (Å²) in [6, 6.07) is 6.24. The first-order valence-electron chi connectivity index (χ1n) is 6.99. The van der Waals surface area contributed by atoms with Gasteiger partial charge in [-0.3, -0.25) is 0 Å². The van der Waals surface area contributed by atoms with Crippen LogP contribution < -0.4 is 14.8 Å². The SMILES string of the molecule is CCC(NCCc1ncon1)c1ccc(OC)c(OC)c1. The summed E-state index contributed by atoms with van der Waals surface area (Å²) in [6.07, 6.45) is 3.06. The summed E-state index contributed by atoms with van der Waals surface area (Å²) in [5.41, 5.74) is 1.17. The molecule has 1 unspecified atom stereocenters. The van der Waals surface area contributed by atoms with Gasteiger partial charge >= 0.3 is 0 Å². The summed E-state index contributed by atoms with van der Waals surface area (Å²) in [4.78, 5) is 4.01. The van der Waals surface area contributed by atoms with Crippen LogP contribution in [0.4, 0.5) is 0 Å². The molecule has 0 saturated carbocycles. The molecule has 0 radical (unpaired) electrons. The average molecular weight is 291 g/mol. The average Bonchev–Trinajstić information content (AvgIpc) is 3.04. The standard InChI is InChI=1S/C15H21N3O3/c1-4-12(16-8-7-15-17-10-21-18-15)11-5-6-13(19-2)14(9-11)20-3/h5-6,9-10,12,16H,4,7-8H2,1-3H3. The molecule has 1 aromatic carbocycles. The minimum Gasteiger partial charge on any atom is -0.493 e. The first kappa shape index (κ1) is 15.3. The Labute approximate surface area is 124 Å². The lowest BCUT2D eigenvalue weighted by atomic mass is 10.0. The molecular weight excluding hydrogens is 270 g/mol. The van der Waals surface area contributed by atoms with E-state index in [0.29, 0.717) is 5.82 Å². The lowest BCUT2D eigenvalue weighted by molar-refractivity contribution is 0.353. The number of hydrogen-bond acceptors (Lipinski definition) is 6. The molecule has 0 fully saturated rings.